The van der Waals surface area contributed by atoms with Crippen LogP contribution in [-0.2, 0) is 6.42 Å². The van der Waals surface area contributed by atoms with Gasteiger partial charge in [-0.1, -0.05) is 0 Å². The molecule has 1 saturated heterocycles. The highest BCUT2D eigenvalue weighted by atomic mass is 16.5. The fourth-order valence-corrected chi connectivity index (χ4v) is 2.66. The SMILES string of the molecule is COc1ccc2cnc(CCN3CCN(C)CC3)n2c1. The highest BCUT2D eigenvalue weighted by Crippen LogP contribution is 2.15. The van der Waals surface area contributed by atoms with E-state index < -0.39 is 0 Å². The molecule has 0 saturated carbocycles. The minimum absolute atomic E-state index is 0.872. The Bertz CT molecular complexity index is 572. The molecular formula is C15H22N4O. The van der Waals surface area contributed by atoms with Gasteiger partial charge < -0.3 is 14.5 Å². The van der Waals surface area contributed by atoms with E-state index in [9.17, 15) is 0 Å². The van der Waals surface area contributed by atoms with E-state index in [1.54, 1.807) is 7.11 Å². The maximum Gasteiger partial charge on any atom is 0.135 e. The molecule has 1 aliphatic rings. The first-order valence-electron chi connectivity index (χ1n) is 7.17. The molecule has 20 heavy (non-hydrogen) atoms. The molecule has 5 heteroatoms. The first kappa shape index (κ1) is 13.4. The van der Waals surface area contributed by atoms with E-state index in [0.29, 0.717) is 0 Å². The minimum atomic E-state index is 0.872. The third kappa shape index (κ3) is 2.78. The largest absolute Gasteiger partial charge is 0.495 e. The van der Waals surface area contributed by atoms with Gasteiger partial charge in [-0.25, -0.2) is 4.98 Å². The van der Waals surface area contributed by atoms with Gasteiger partial charge in [0.2, 0.25) is 0 Å². The molecule has 1 fully saturated rings. The molecule has 0 bridgehead atoms. The van der Waals surface area contributed by atoms with Crippen molar-refractivity contribution in [1.29, 1.82) is 0 Å². The predicted molar refractivity (Wildman–Crippen MR) is 79.4 cm³/mol. The van der Waals surface area contributed by atoms with Crippen molar-refractivity contribution in [2.75, 3.05) is 46.9 Å². The van der Waals surface area contributed by atoms with E-state index in [0.717, 1.165) is 56.2 Å². The van der Waals surface area contributed by atoms with Gasteiger partial charge in [-0.15, -0.1) is 0 Å². The zero-order chi connectivity index (χ0) is 13.9. The van der Waals surface area contributed by atoms with Gasteiger partial charge in [0.1, 0.15) is 11.6 Å². The van der Waals surface area contributed by atoms with Gasteiger partial charge in [0.05, 0.1) is 25.0 Å². The van der Waals surface area contributed by atoms with Gasteiger partial charge in [0.25, 0.3) is 0 Å². The van der Waals surface area contributed by atoms with Gasteiger partial charge in [-0.05, 0) is 19.2 Å². The molecule has 0 unspecified atom stereocenters. The fourth-order valence-electron chi connectivity index (χ4n) is 2.66. The highest BCUT2D eigenvalue weighted by Gasteiger charge is 2.14. The van der Waals surface area contributed by atoms with Crippen molar-refractivity contribution in [2.24, 2.45) is 0 Å². The lowest BCUT2D eigenvalue weighted by atomic mass is 10.3. The molecular weight excluding hydrogens is 252 g/mol. The van der Waals surface area contributed by atoms with Crippen molar-refractivity contribution in [1.82, 2.24) is 19.2 Å². The molecule has 2 aromatic rings. The van der Waals surface area contributed by atoms with Crippen LogP contribution in [0.5, 0.6) is 5.75 Å². The maximum atomic E-state index is 5.29. The second-order valence-electron chi connectivity index (χ2n) is 5.43. The Labute approximate surface area is 119 Å². The smallest absolute Gasteiger partial charge is 0.135 e. The quantitative estimate of drug-likeness (QED) is 0.837. The van der Waals surface area contributed by atoms with Gasteiger partial charge in [0, 0.05) is 39.1 Å². The summed E-state index contributed by atoms with van der Waals surface area (Å²) >= 11 is 0. The Balaban J connectivity index is 1.68. The normalized spacial score (nSPS) is 17.7. The average molecular weight is 274 g/mol. The summed E-state index contributed by atoms with van der Waals surface area (Å²) in [4.78, 5) is 9.44. The topological polar surface area (TPSA) is 33.0 Å². The third-order valence-corrected chi connectivity index (χ3v) is 4.06. The van der Waals surface area contributed by atoms with E-state index in [-0.39, 0.29) is 0 Å². The van der Waals surface area contributed by atoms with E-state index in [1.807, 2.05) is 24.5 Å². The first-order chi connectivity index (χ1) is 9.76. The second kappa shape index (κ2) is 5.81. The summed E-state index contributed by atoms with van der Waals surface area (Å²) in [6, 6.07) is 4.02. The van der Waals surface area contributed by atoms with E-state index in [2.05, 4.69) is 26.2 Å². The van der Waals surface area contributed by atoms with Crippen LogP contribution in [0.15, 0.2) is 24.5 Å². The van der Waals surface area contributed by atoms with Crippen molar-refractivity contribution in [2.45, 2.75) is 6.42 Å². The Morgan fingerprint density at radius 2 is 2.00 bits per heavy atom. The van der Waals surface area contributed by atoms with Crippen LogP contribution in [0.2, 0.25) is 0 Å². The molecule has 0 amide bonds. The number of methoxy groups -OCH3 is 1. The number of ether oxygens (including phenoxy) is 1. The molecule has 0 radical (unpaired) electrons. The van der Waals surface area contributed by atoms with Crippen LogP contribution < -0.4 is 4.74 Å². The molecule has 1 aliphatic heterocycles. The number of hydrogen-bond acceptors (Lipinski definition) is 4. The van der Waals surface area contributed by atoms with Crippen LogP contribution in [0.4, 0.5) is 0 Å². The fraction of sp³-hybridized carbons (Fsp3) is 0.533. The van der Waals surface area contributed by atoms with Gasteiger partial charge in [0.15, 0.2) is 0 Å². The number of piperazine rings is 1. The van der Waals surface area contributed by atoms with Crippen molar-refractivity contribution < 1.29 is 4.74 Å². The summed E-state index contributed by atoms with van der Waals surface area (Å²) in [5.74, 6) is 1.98. The summed E-state index contributed by atoms with van der Waals surface area (Å²) in [5.41, 5.74) is 1.12. The van der Waals surface area contributed by atoms with Crippen LogP contribution >= 0.6 is 0 Å². The molecule has 108 valence electrons. The van der Waals surface area contributed by atoms with Crippen LogP contribution in [0, 0.1) is 0 Å². The maximum absolute atomic E-state index is 5.29. The summed E-state index contributed by atoms with van der Waals surface area (Å²) in [6.45, 7) is 5.71. The number of fused-ring (bicyclic) bond motifs is 1. The van der Waals surface area contributed by atoms with Crippen LogP contribution in [0.25, 0.3) is 5.52 Å². The number of hydrogen-bond donors (Lipinski definition) is 0. The Hall–Kier alpha value is -1.59. The van der Waals surface area contributed by atoms with Crippen LogP contribution in [0.3, 0.4) is 0 Å². The molecule has 3 rings (SSSR count). The van der Waals surface area contributed by atoms with Crippen molar-refractivity contribution in [3.63, 3.8) is 0 Å². The number of likely N-dealkylation sites (N-methyl/N-ethyl adjacent to an activating group) is 1. The standard InChI is InChI=1S/C15H22N4O/c1-17-7-9-18(10-8-17)6-5-15-16-11-13-3-4-14(20-2)12-19(13)15/h3-4,11-12H,5-10H2,1-2H3. The monoisotopic (exact) mass is 274 g/mol. The number of imidazole rings is 1. The van der Waals surface area contributed by atoms with Crippen LogP contribution in [0.1, 0.15) is 5.82 Å². The number of aromatic nitrogens is 2. The Morgan fingerprint density at radius 3 is 2.75 bits per heavy atom. The van der Waals surface area contributed by atoms with E-state index in [1.165, 1.54) is 0 Å². The van der Waals surface area contributed by atoms with Gasteiger partial charge >= 0.3 is 0 Å². The second-order valence-corrected chi connectivity index (χ2v) is 5.43. The zero-order valence-electron chi connectivity index (χ0n) is 12.2. The highest BCUT2D eigenvalue weighted by molar-refractivity contribution is 5.48. The molecule has 2 aromatic heterocycles. The van der Waals surface area contributed by atoms with Crippen LogP contribution in [-0.4, -0.2) is 66.1 Å². The number of pyridine rings is 1. The number of nitrogens with zero attached hydrogens (tertiary/aromatic N) is 4. The first-order valence-corrected chi connectivity index (χ1v) is 7.17. The van der Waals surface area contributed by atoms with Crippen molar-refractivity contribution in [3.8, 4) is 5.75 Å². The molecule has 0 aliphatic carbocycles. The molecule has 3 heterocycles. The molecule has 0 N–H and O–H groups in total. The Morgan fingerprint density at radius 1 is 1.20 bits per heavy atom. The lowest BCUT2D eigenvalue weighted by Crippen LogP contribution is -2.45. The Kier molecular flexibility index (Phi) is 3.89. The summed E-state index contributed by atoms with van der Waals surface area (Å²) < 4.78 is 7.42. The van der Waals surface area contributed by atoms with E-state index >= 15 is 0 Å². The van der Waals surface area contributed by atoms with Gasteiger partial charge in [-0.3, -0.25) is 4.40 Å². The summed E-state index contributed by atoms with van der Waals surface area (Å²) in [5, 5.41) is 0. The third-order valence-electron chi connectivity index (χ3n) is 4.06. The summed E-state index contributed by atoms with van der Waals surface area (Å²) in [7, 11) is 3.88. The lowest BCUT2D eigenvalue weighted by Gasteiger charge is -2.32. The molecule has 5 nitrogen and oxygen atoms in total. The van der Waals surface area contributed by atoms with E-state index in [4.69, 9.17) is 4.74 Å². The van der Waals surface area contributed by atoms with Crippen molar-refractivity contribution >= 4 is 5.52 Å². The zero-order valence-corrected chi connectivity index (χ0v) is 12.2. The molecule has 0 aromatic carbocycles. The lowest BCUT2D eigenvalue weighted by molar-refractivity contribution is 0.155. The molecule has 0 atom stereocenters. The minimum Gasteiger partial charge on any atom is -0.495 e. The average Bonchev–Trinajstić information content (AvgIpc) is 2.89. The summed E-state index contributed by atoms with van der Waals surface area (Å²) in [6.07, 6.45) is 4.92. The molecule has 0 spiro atoms. The number of rotatable bonds is 4. The predicted octanol–water partition coefficient (Wildman–Crippen LogP) is 1.13. The van der Waals surface area contributed by atoms with Crippen molar-refractivity contribution in [3.05, 3.63) is 30.4 Å². The van der Waals surface area contributed by atoms with Gasteiger partial charge in [-0.2, -0.15) is 0 Å².